The topological polar surface area (TPSA) is 21.1 Å². The van der Waals surface area contributed by atoms with Crippen LogP contribution in [0.1, 0.15) is 29.8 Å². The number of rotatable bonds is 4. The summed E-state index contributed by atoms with van der Waals surface area (Å²) < 4.78 is 16.0. The Bertz CT molecular complexity index is 655. The van der Waals surface area contributed by atoms with Gasteiger partial charge in [-0.1, -0.05) is 17.7 Å². The van der Waals surface area contributed by atoms with Gasteiger partial charge in [0.1, 0.15) is 5.82 Å². The Morgan fingerprint density at radius 2 is 2.00 bits per heavy atom. The van der Waals surface area contributed by atoms with Crippen LogP contribution in [-0.4, -0.2) is 27.8 Å². The molecule has 0 bridgehead atoms. The first-order valence-corrected chi connectivity index (χ1v) is 8.57. The number of nitrogens with zero attached hydrogens (tertiary/aromatic N) is 3. The average molecular weight is 336 g/mol. The molecule has 2 heterocycles. The van der Waals surface area contributed by atoms with Gasteiger partial charge < -0.3 is 0 Å². The van der Waals surface area contributed by atoms with E-state index in [4.69, 9.17) is 11.6 Å². The van der Waals surface area contributed by atoms with Gasteiger partial charge in [0.2, 0.25) is 0 Å². The van der Waals surface area contributed by atoms with Gasteiger partial charge >= 0.3 is 0 Å². The zero-order valence-corrected chi connectivity index (χ0v) is 14.5. The minimum absolute atomic E-state index is 0.206. The van der Waals surface area contributed by atoms with Crippen LogP contribution in [0.3, 0.4) is 0 Å². The molecule has 1 saturated heterocycles. The van der Waals surface area contributed by atoms with Crippen molar-refractivity contribution in [2.45, 2.75) is 39.8 Å². The fourth-order valence-corrected chi connectivity index (χ4v) is 3.56. The van der Waals surface area contributed by atoms with Crippen LogP contribution in [0.2, 0.25) is 5.02 Å². The molecule has 0 N–H and O–H groups in total. The first kappa shape index (κ1) is 16.5. The van der Waals surface area contributed by atoms with Crippen LogP contribution in [0.4, 0.5) is 4.39 Å². The summed E-state index contributed by atoms with van der Waals surface area (Å²) in [4.78, 5) is 2.29. The average Bonchev–Trinajstić information content (AvgIpc) is 2.83. The number of benzene rings is 1. The van der Waals surface area contributed by atoms with Crippen molar-refractivity contribution in [2.24, 2.45) is 5.92 Å². The van der Waals surface area contributed by atoms with Crippen molar-refractivity contribution < 1.29 is 4.39 Å². The number of piperidine rings is 1. The molecule has 2 aromatic rings. The molecule has 0 atom stereocenters. The number of hydrogen-bond donors (Lipinski definition) is 0. The van der Waals surface area contributed by atoms with Crippen molar-refractivity contribution >= 4 is 11.6 Å². The van der Waals surface area contributed by atoms with E-state index in [1.54, 1.807) is 12.1 Å². The predicted molar refractivity (Wildman–Crippen MR) is 91.1 cm³/mol. The lowest BCUT2D eigenvalue weighted by atomic mass is 9.96. The molecule has 0 aliphatic carbocycles. The summed E-state index contributed by atoms with van der Waals surface area (Å²) in [6.07, 6.45) is 2.23. The molecule has 0 unspecified atom stereocenters. The van der Waals surface area contributed by atoms with Crippen LogP contribution in [0.25, 0.3) is 0 Å². The molecule has 1 fully saturated rings. The molecule has 1 aliphatic heterocycles. The van der Waals surface area contributed by atoms with E-state index < -0.39 is 0 Å². The molecule has 3 rings (SSSR count). The zero-order valence-electron chi connectivity index (χ0n) is 13.7. The highest BCUT2D eigenvalue weighted by atomic mass is 35.5. The molecular formula is C18H23ClFN3. The second kappa shape index (κ2) is 7.02. The summed E-state index contributed by atoms with van der Waals surface area (Å²) in [6.45, 7) is 7.68. The van der Waals surface area contributed by atoms with E-state index in [9.17, 15) is 4.39 Å². The monoisotopic (exact) mass is 335 g/mol. The van der Waals surface area contributed by atoms with Gasteiger partial charge in [0, 0.05) is 29.4 Å². The molecule has 5 heteroatoms. The molecule has 0 saturated carbocycles. The van der Waals surface area contributed by atoms with Crippen LogP contribution < -0.4 is 0 Å². The van der Waals surface area contributed by atoms with Crippen LogP contribution in [0.15, 0.2) is 24.3 Å². The third kappa shape index (κ3) is 3.93. The minimum atomic E-state index is -0.206. The van der Waals surface area contributed by atoms with Gasteiger partial charge in [0.05, 0.1) is 5.69 Å². The zero-order chi connectivity index (χ0) is 16.4. The summed E-state index contributed by atoms with van der Waals surface area (Å²) in [5, 5.41) is 5.07. The standard InChI is InChI=1S/C18H23ClFN3/c1-13-10-14(2)23(21-13)11-15-6-8-22(9-7-15)12-16-17(19)4-3-5-18(16)20/h3-5,10,15H,6-9,11-12H2,1-2H3. The molecule has 3 nitrogen and oxygen atoms in total. The molecule has 0 amide bonds. The van der Waals surface area contributed by atoms with E-state index in [1.165, 1.54) is 11.8 Å². The smallest absolute Gasteiger partial charge is 0.129 e. The van der Waals surface area contributed by atoms with Gasteiger partial charge in [0.25, 0.3) is 0 Å². The highest BCUT2D eigenvalue weighted by Gasteiger charge is 2.22. The highest BCUT2D eigenvalue weighted by molar-refractivity contribution is 6.31. The molecule has 1 aromatic heterocycles. The summed E-state index contributed by atoms with van der Waals surface area (Å²) in [6, 6.07) is 7.02. The number of likely N-dealkylation sites (tertiary alicyclic amines) is 1. The first-order chi connectivity index (χ1) is 11.0. The third-order valence-electron chi connectivity index (χ3n) is 4.69. The van der Waals surface area contributed by atoms with Gasteiger partial charge in [-0.15, -0.1) is 0 Å². The summed E-state index contributed by atoms with van der Waals surface area (Å²) >= 11 is 6.13. The number of hydrogen-bond acceptors (Lipinski definition) is 2. The fourth-order valence-electron chi connectivity index (χ4n) is 3.34. The molecule has 1 aromatic carbocycles. The van der Waals surface area contributed by atoms with Crippen LogP contribution in [0, 0.1) is 25.6 Å². The maximum absolute atomic E-state index is 13.9. The first-order valence-electron chi connectivity index (χ1n) is 8.19. The maximum atomic E-state index is 13.9. The fraction of sp³-hybridized carbons (Fsp3) is 0.500. The molecular weight excluding hydrogens is 313 g/mol. The Morgan fingerprint density at radius 3 is 2.61 bits per heavy atom. The van der Waals surface area contributed by atoms with Crippen LogP contribution >= 0.6 is 11.6 Å². The van der Waals surface area contributed by atoms with Crippen LogP contribution in [0.5, 0.6) is 0 Å². The maximum Gasteiger partial charge on any atom is 0.129 e. The van der Waals surface area contributed by atoms with E-state index in [1.807, 2.05) is 6.92 Å². The van der Waals surface area contributed by atoms with Gasteiger partial charge in [-0.2, -0.15) is 5.10 Å². The summed E-state index contributed by atoms with van der Waals surface area (Å²) in [5.74, 6) is 0.433. The van der Waals surface area contributed by atoms with Gasteiger partial charge in [-0.05, 0) is 63.9 Å². The minimum Gasteiger partial charge on any atom is -0.299 e. The second-order valence-corrected chi connectivity index (χ2v) is 6.94. The van der Waals surface area contributed by atoms with E-state index in [2.05, 4.69) is 27.7 Å². The lowest BCUT2D eigenvalue weighted by Crippen LogP contribution is -2.35. The third-order valence-corrected chi connectivity index (χ3v) is 5.04. The lowest BCUT2D eigenvalue weighted by Gasteiger charge is -2.32. The molecule has 0 radical (unpaired) electrons. The normalized spacial score (nSPS) is 16.9. The van der Waals surface area contributed by atoms with E-state index in [-0.39, 0.29) is 5.82 Å². The Balaban J connectivity index is 1.55. The summed E-state index contributed by atoms with van der Waals surface area (Å²) in [7, 11) is 0. The number of aromatic nitrogens is 2. The Morgan fingerprint density at radius 1 is 1.26 bits per heavy atom. The van der Waals surface area contributed by atoms with Gasteiger partial charge in [-0.3, -0.25) is 9.58 Å². The van der Waals surface area contributed by atoms with Crippen molar-refractivity contribution in [1.29, 1.82) is 0 Å². The van der Waals surface area contributed by atoms with Crippen molar-refractivity contribution in [3.63, 3.8) is 0 Å². The second-order valence-electron chi connectivity index (χ2n) is 6.53. The molecule has 124 valence electrons. The van der Waals surface area contributed by atoms with E-state index in [0.717, 1.165) is 38.2 Å². The van der Waals surface area contributed by atoms with Crippen molar-refractivity contribution in [3.8, 4) is 0 Å². The van der Waals surface area contributed by atoms with E-state index in [0.29, 0.717) is 23.0 Å². The quantitative estimate of drug-likeness (QED) is 0.834. The predicted octanol–water partition coefficient (Wildman–Crippen LogP) is 4.20. The molecule has 23 heavy (non-hydrogen) atoms. The van der Waals surface area contributed by atoms with Gasteiger partial charge in [0.15, 0.2) is 0 Å². The Kier molecular flexibility index (Phi) is 5.02. The molecule has 1 aliphatic rings. The molecule has 0 spiro atoms. The Hall–Kier alpha value is -1.39. The van der Waals surface area contributed by atoms with E-state index >= 15 is 0 Å². The number of aryl methyl sites for hydroxylation is 2. The highest BCUT2D eigenvalue weighted by Crippen LogP contribution is 2.25. The van der Waals surface area contributed by atoms with Gasteiger partial charge in [-0.25, -0.2) is 4.39 Å². The Labute approximate surface area is 142 Å². The lowest BCUT2D eigenvalue weighted by molar-refractivity contribution is 0.162. The van der Waals surface area contributed by atoms with Crippen molar-refractivity contribution in [1.82, 2.24) is 14.7 Å². The largest absolute Gasteiger partial charge is 0.299 e. The summed E-state index contributed by atoms with van der Waals surface area (Å²) in [5.41, 5.74) is 2.92. The van der Waals surface area contributed by atoms with Crippen LogP contribution in [-0.2, 0) is 13.1 Å². The van der Waals surface area contributed by atoms with Crippen molar-refractivity contribution in [2.75, 3.05) is 13.1 Å². The van der Waals surface area contributed by atoms with Crippen molar-refractivity contribution in [3.05, 3.63) is 52.1 Å². The SMILES string of the molecule is Cc1cc(C)n(CC2CCN(Cc3c(F)cccc3Cl)CC2)n1. The number of halogens is 2.